The van der Waals surface area contributed by atoms with Crippen LogP contribution in [0.5, 0.6) is 0 Å². The average molecular weight is 614 g/mol. The zero-order valence-corrected chi connectivity index (χ0v) is 26.3. The van der Waals surface area contributed by atoms with E-state index in [-0.39, 0.29) is 0 Å². The van der Waals surface area contributed by atoms with E-state index in [0.717, 1.165) is 50.1 Å². The third kappa shape index (κ3) is 4.83. The summed E-state index contributed by atoms with van der Waals surface area (Å²) in [5.41, 5.74) is 12.2. The number of hydrogen-bond acceptors (Lipinski definition) is 2. The molecule has 0 radical (unpaired) electrons. The lowest BCUT2D eigenvalue weighted by molar-refractivity contribution is 0.669. The molecular weight excluding hydrogens is 583 g/mol. The average Bonchev–Trinajstić information content (AvgIpc) is 3.55. The first-order valence-corrected chi connectivity index (χ1v) is 16.4. The molecule has 0 aliphatic carbocycles. The predicted molar refractivity (Wildman–Crippen MR) is 202 cm³/mol. The molecule has 0 amide bonds. The summed E-state index contributed by atoms with van der Waals surface area (Å²) in [4.78, 5) is 2.35. The number of benzene rings is 8. The Morgan fingerprint density at radius 1 is 0.333 bits per heavy atom. The molecule has 0 aliphatic heterocycles. The van der Waals surface area contributed by atoms with Gasteiger partial charge in [-0.25, -0.2) is 0 Å². The second-order valence-corrected chi connectivity index (χ2v) is 12.1. The van der Waals surface area contributed by atoms with Gasteiger partial charge in [-0.3, -0.25) is 0 Å². The number of furan rings is 1. The third-order valence-corrected chi connectivity index (χ3v) is 9.30. The monoisotopic (exact) mass is 613 g/mol. The van der Waals surface area contributed by atoms with Gasteiger partial charge in [-0.1, -0.05) is 146 Å². The van der Waals surface area contributed by atoms with E-state index >= 15 is 0 Å². The highest BCUT2D eigenvalue weighted by Crippen LogP contribution is 2.44. The van der Waals surface area contributed by atoms with Crippen molar-refractivity contribution < 1.29 is 4.42 Å². The van der Waals surface area contributed by atoms with E-state index < -0.39 is 0 Å². The Morgan fingerprint density at radius 2 is 0.875 bits per heavy atom. The van der Waals surface area contributed by atoms with E-state index in [1.165, 1.54) is 33.0 Å². The second-order valence-electron chi connectivity index (χ2n) is 12.1. The first kappa shape index (κ1) is 27.9. The Hall–Kier alpha value is -6.38. The van der Waals surface area contributed by atoms with Crippen molar-refractivity contribution in [1.29, 1.82) is 0 Å². The maximum Gasteiger partial charge on any atom is 0.136 e. The van der Waals surface area contributed by atoms with E-state index in [4.69, 9.17) is 4.42 Å². The molecule has 8 aromatic carbocycles. The summed E-state index contributed by atoms with van der Waals surface area (Å²) in [5, 5.41) is 4.79. The number of nitrogens with zero attached hydrogens (tertiary/aromatic N) is 1. The van der Waals surface area contributed by atoms with Crippen LogP contribution in [0.1, 0.15) is 0 Å². The Bertz CT molecular complexity index is 2540. The van der Waals surface area contributed by atoms with E-state index in [0.29, 0.717) is 0 Å². The van der Waals surface area contributed by atoms with Gasteiger partial charge in [-0.15, -0.1) is 0 Å². The summed E-state index contributed by atoms with van der Waals surface area (Å²) >= 11 is 0. The van der Waals surface area contributed by atoms with Crippen LogP contribution in [0.2, 0.25) is 0 Å². The fourth-order valence-corrected chi connectivity index (χ4v) is 7.02. The van der Waals surface area contributed by atoms with Gasteiger partial charge in [-0.05, 0) is 81.1 Å². The normalized spacial score (nSPS) is 11.3. The molecule has 0 saturated carbocycles. The van der Waals surface area contributed by atoms with Crippen molar-refractivity contribution in [1.82, 2.24) is 0 Å². The minimum Gasteiger partial charge on any atom is -0.456 e. The molecule has 2 heteroatoms. The van der Waals surface area contributed by atoms with Crippen LogP contribution in [-0.4, -0.2) is 0 Å². The SMILES string of the molecule is c1ccc(N(c2ccc(-c3ccc(-c4cccc5ccccc45)cc3)cc2)c2ccccc2-c2cccc3oc4ccccc4c23)cc1. The van der Waals surface area contributed by atoms with Gasteiger partial charge in [0.05, 0.1) is 5.69 Å². The van der Waals surface area contributed by atoms with Gasteiger partial charge in [0.1, 0.15) is 11.2 Å². The molecule has 1 heterocycles. The summed E-state index contributed by atoms with van der Waals surface area (Å²) < 4.78 is 6.28. The standard InChI is InChI=1S/C46H31NO/c1-2-14-36(15-3-1)47(43-21-8-6-17-40(43)41-20-11-23-45-46(41)42-18-7-9-22-44(42)48-45)37-30-28-33(29-31-37)32-24-26-35(27-25-32)39-19-10-13-34-12-4-5-16-38(34)39/h1-31H. The molecule has 9 aromatic rings. The van der Waals surface area contributed by atoms with Gasteiger partial charge in [0.15, 0.2) is 0 Å². The summed E-state index contributed by atoms with van der Waals surface area (Å²) in [6.07, 6.45) is 0. The summed E-state index contributed by atoms with van der Waals surface area (Å²) in [7, 11) is 0. The Kier molecular flexibility index (Phi) is 6.84. The van der Waals surface area contributed by atoms with Crippen molar-refractivity contribution in [3.63, 3.8) is 0 Å². The van der Waals surface area contributed by atoms with E-state index in [9.17, 15) is 0 Å². The topological polar surface area (TPSA) is 16.4 Å². The fraction of sp³-hybridized carbons (Fsp3) is 0. The van der Waals surface area contributed by atoms with Gasteiger partial charge in [-0.2, -0.15) is 0 Å². The van der Waals surface area contributed by atoms with Crippen molar-refractivity contribution in [3.05, 3.63) is 188 Å². The maximum absolute atomic E-state index is 6.28. The number of rotatable bonds is 6. The molecule has 0 spiro atoms. The summed E-state index contributed by atoms with van der Waals surface area (Å²) in [6.45, 7) is 0. The van der Waals surface area contributed by atoms with Gasteiger partial charge >= 0.3 is 0 Å². The molecule has 1 aromatic heterocycles. The second kappa shape index (κ2) is 11.8. The highest BCUT2D eigenvalue weighted by molar-refractivity contribution is 6.13. The minimum atomic E-state index is 0.894. The zero-order valence-electron chi connectivity index (χ0n) is 26.3. The lowest BCUT2D eigenvalue weighted by atomic mass is 9.96. The van der Waals surface area contributed by atoms with Gasteiger partial charge in [0.25, 0.3) is 0 Å². The van der Waals surface area contributed by atoms with Crippen LogP contribution >= 0.6 is 0 Å². The molecule has 9 rings (SSSR count). The van der Waals surface area contributed by atoms with Crippen molar-refractivity contribution in [2.24, 2.45) is 0 Å². The largest absolute Gasteiger partial charge is 0.456 e. The third-order valence-electron chi connectivity index (χ3n) is 9.30. The molecule has 2 nitrogen and oxygen atoms in total. The van der Waals surface area contributed by atoms with Crippen LogP contribution in [0.4, 0.5) is 17.1 Å². The van der Waals surface area contributed by atoms with E-state index in [1.807, 2.05) is 12.1 Å². The Balaban J connectivity index is 1.12. The van der Waals surface area contributed by atoms with Crippen LogP contribution < -0.4 is 4.90 Å². The highest BCUT2D eigenvalue weighted by atomic mass is 16.3. The van der Waals surface area contributed by atoms with Crippen LogP contribution in [0.25, 0.3) is 66.1 Å². The molecule has 0 atom stereocenters. The quantitative estimate of drug-likeness (QED) is 0.185. The molecule has 226 valence electrons. The molecule has 0 aliphatic rings. The van der Waals surface area contributed by atoms with Crippen LogP contribution in [0.15, 0.2) is 192 Å². The molecular formula is C46H31NO. The fourth-order valence-electron chi connectivity index (χ4n) is 7.02. The van der Waals surface area contributed by atoms with Crippen molar-refractivity contribution in [2.75, 3.05) is 4.90 Å². The van der Waals surface area contributed by atoms with Crippen molar-refractivity contribution in [2.45, 2.75) is 0 Å². The first-order chi connectivity index (χ1) is 23.8. The zero-order chi connectivity index (χ0) is 31.9. The molecule has 0 N–H and O–H groups in total. The van der Waals surface area contributed by atoms with Gasteiger partial charge < -0.3 is 9.32 Å². The Labute approximate surface area is 279 Å². The molecule has 0 fully saturated rings. The smallest absolute Gasteiger partial charge is 0.136 e. The summed E-state index contributed by atoms with van der Waals surface area (Å²) in [6, 6.07) is 66.8. The molecule has 0 unspecified atom stereocenters. The lowest BCUT2D eigenvalue weighted by Crippen LogP contribution is -2.11. The molecule has 0 saturated heterocycles. The van der Waals surface area contributed by atoms with Crippen molar-refractivity contribution in [3.8, 4) is 33.4 Å². The van der Waals surface area contributed by atoms with Crippen LogP contribution in [0.3, 0.4) is 0 Å². The molecule has 48 heavy (non-hydrogen) atoms. The molecule has 0 bridgehead atoms. The van der Waals surface area contributed by atoms with Crippen LogP contribution in [0, 0.1) is 0 Å². The van der Waals surface area contributed by atoms with Crippen molar-refractivity contribution >= 4 is 49.8 Å². The Morgan fingerprint density at radius 3 is 1.71 bits per heavy atom. The number of para-hydroxylation sites is 3. The number of fused-ring (bicyclic) bond motifs is 4. The predicted octanol–water partition coefficient (Wildman–Crippen LogP) is 13.2. The number of hydrogen-bond donors (Lipinski definition) is 0. The van der Waals surface area contributed by atoms with E-state index in [1.54, 1.807) is 0 Å². The lowest BCUT2D eigenvalue weighted by Gasteiger charge is -2.28. The van der Waals surface area contributed by atoms with Gasteiger partial charge in [0.2, 0.25) is 0 Å². The van der Waals surface area contributed by atoms with Crippen LogP contribution in [-0.2, 0) is 0 Å². The van der Waals surface area contributed by atoms with Gasteiger partial charge in [0, 0.05) is 27.7 Å². The van der Waals surface area contributed by atoms with E-state index in [2.05, 4.69) is 181 Å². The maximum atomic E-state index is 6.28. The first-order valence-electron chi connectivity index (χ1n) is 16.4. The highest BCUT2D eigenvalue weighted by Gasteiger charge is 2.20. The minimum absolute atomic E-state index is 0.894. The number of anilines is 3. The summed E-state index contributed by atoms with van der Waals surface area (Å²) in [5.74, 6) is 0.